The number of ether oxygens (including phenoxy) is 1. The zero-order chi connectivity index (χ0) is 20.3. The predicted molar refractivity (Wildman–Crippen MR) is 106 cm³/mol. The van der Waals surface area contributed by atoms with Crippen LogP contribution in [0.3, 0.4) is 0 Å². The van der Waals surface area contributed by atoms with Crippen LogP contribution < -0.4 is 10.9 Å². The third kappa shape index (κ3) is 4.32. The van der Waals surface area contributed by atoms with Gasteiger partial charge >= 0.3 is 5.97 Å². The van der Waals surface area contributed by atoms with Crippen LogP contribution in [0.15, 0.2) is 47.5 Å². The molecule has 0 saturated carbocycles. The molecule has 3 rings (SSSR count). The summed E-state index contributed by atoms with van der Waals surface area (Å²) in [4.78, 5) is 40.3. The molecule has 2 aromatic carbocycles. The van der Waals surface area contributed by atoms with Crippen molar-refractivity contribution in [2.24, 2.45) is 0 Å². The van der Waals surface area contributed by atoms with Crippen LogP contribution in [0.4, 0.5) is 0 Å². The summed E-state index contributed by atoms with van der Waals surface area (Å²) in [5, 5.41) is 3.54. The minimum Gasteiger partial charge on any atom is -0.465 e. The highest BCUT2D eigenvalue weighted by Gasteiger charge is 2.11. The van der Waals surface area contributed by atoms with Crippen LogP contribution in [0.2, 0.25) is 10.0 Å². The molecule has 0 aliphatic heterocycles. The van der Waals surface area contributed by atoms with Crippen molar-refractivity contribution in [3.8, 4) is 0 Å². The number of amides is 1. The van der Waals surface area contributed by atoms with Gasteiger partial charge in [0.1, 0.15) is 6.54 Å². The van der Waals surface area contributed by atoms with Crippen LogP contribution in [0.5, 0.6) is 0 Å². The Morgan fingerprint density at radius 2 is 1.89 bits per heavy atom. The van der Waals surface area contributed by atoms with Crippen molar-refractivity contribution in [3.63, 3.8) is 0 Å². The van der Waals surface area contributed by atoms with Gasteiger partial charge in [0.05, 0.1) is 34.9 Å². The third-order valence-corrected chi connectivity index (χ3v) is 4.53. The number of nitrogens with one attached hydrogen (secondary N) is 1. The second-order valence-corrected chi connectivity index (χ2v) is 6.77. The quantitative estimate of drug-likeness (QED) is 0.642. The van der Waals surface area contributed by atoms with E-state index in [0.717, 1.165) is 5.56 Å². The van der Waals surface area contributed by atoms with Gasteiger partial charge in [-0.2, -0.15) is 0 Å². The molecule has 28 heavy (non-hydrogen) atoms. The number of nitrogens with zero attached hydrogens (tertiary/aromatic N) is 2. The van der Waals surface area contributed by atoms with E-state index in [4.69, 9.17) is 23.2 Å². The molecule has 144 valence electrons. The number of fused-ring (bicyclic) bond motifs is 1. The molecule has 9 heteroatoms. The topological polar surface area (TPSA) is 90.3 Å². The molecule has 0 radical (unpaired) electrons. The van der Waals surface area contributed by atoms with Gasteiger partial charge in [-0.15, -0.1) is 0 Å². The van der Waals surface area contributed by atoms with Crippen LogP contribution in [0, 0.1) is 0 Å². The lowest BCUT2D eigenvalue weighted by Crippen LogP contribution is -2.32. The van der Waals surface area contributed by atoms with Gasteiger partial charge in [-0.3, -0.25) is 14.2 Å². The van der Waals surface area contributed by atoms with Crippen LogP contribution >= 0.6 is 23.2 Å². The summed E-state index contributed by atoms with van der Waals surface area (Å²) in [5.74, 6) is -0.799. The van der Waals surface area contributed by atoms with Crippen molar-refractivity contribution < 1.29 is 14.3 Å². The normalized spacial score (nSPS) is 10.7. The van der Waals surface area contributed by atoms with E-state index in [9.17, 15) is 14.4 Å². The summed E-state index contributed by atoms with van der Waals surface area (Å²) in [6, 6.07) is 9.60. The maximum atomic E-state index is 12.6. The molecule has 1 N–H and O–H groups in total. The highest BCUT2D eigenvalue weighted by molar-refractivity contribution is 6.38. The number of hydrogen-bond donors (Lipinski definition) is 1. The summed E-state index contributed by atoms with van der Waals surface area (Å²) < 4.78 is 5.82. The Bertz CT molecular complexity index is 1110. The van der Waals surface area contributed by atoms with Gasteiger partial charge in [-0.25, -0.2) is 9.78 Å². The molecule has 7 nitrogen and oxygen atoms in total. The van der Waals surface area contributed by atoms with E-state index in [1.807, 2.05) is 0 Å². The first-order valence-corrected chi connectivity index (χ1v) is 8.93. The van der Waals surface area contributed by atoms with Crippen molar-refractivity contribution in [2.45, 2.75) is 13.1 Å². The number of rotatable bonds is 5. The lowest BCUT2D eigenvalue weighted by molar-refractivity contribution is -0.121. The minimum absolute atomic E-state index is 0.202. The number of benzene rings is 2. The lowest BCUT2D eigenvalue weighted by Gasteiger charge is -2.09. The first kappa shape index (κ1) is 19.9. The zero-order valence-corrected chi connectivity index (χ0v) is 16.3. The molecule has 1 amide bonds. The molecule has 1 heterocycles. The monoisotopic (exact) mass is 419 g/mol. The van der Waals surface area contributed by atoms with Crippen molar-refractivity contribution >= 4 is 46.0 Å². The number of methoxy groups -OCH3 is 1. The lowest BCUT2D eigenvalue weighted by atomic mass is 10.1. The summed E-state index contributed by atoms with van der Waals surface area (Å²) in [7, 11) is 1.31. The average Bonchev–Trinajstić information content (AvgIpc) is 2.68. The van der Waals surface area contributed by atoms with E-state index < -0.39 is 11.5 Å². The van der Waals surface area contributed by atoms with Gasteiger partial charge in [0.2, 0.25) is 5.91 Å². The summed E-state index contributed by atoms with van der Waals surface area (Å²) in [6.07, 6.45) is 1.27. The molecule has 0 bridgehead atoms. The Labute approximate surface area is 169 Å². The maximum Gasteiger partial charge on any atom is 0.337 e. The molecule has 1 aromatic heterocycles. The maximum absolute atomic E-state index is 12.6. The molecule has 0 saturated heterocycles. The molecule has 0 aliphatic rings. The average molecular weight is 420 g/mol. The third-order valence-electron chi connectivity index (χ3n) is 4.02. The van der Waals surface area contributed by atoms with Crippen LogP contribution in [0.25, 0.3) is 10.9 Å². The Balaban J connectivity index is 1.69. The Morgan fingerprint density at radius 1 is 1.18 bits per heavy atom. The first-order chi connectivity index (χ1) is 13.4. The molecule has 0 fully saturated rings. The van der Waals surface area contributed by atoms with E-state index in [0.29, 0.717) is 16.1 Å². The number of halogens is 2. The molecule has 0 atom stereocenters. The molecule has 0 spiro atoms. The SMILES string of the molecule is COC(=O)c1ccc(CNC(=O)Cn2cnc3c(Cl)cc(Cl)cc3c2=O)cc1. The highest BCUT2D eigenvalue weighted by Crippen LogP contribution is 2.23. The number of hydrogen-bond acceptors (Lipinski definition) is 5. The summed E-state index contributed by atoms with van der Waals surface area (Å²) >= 11 is 12.0. The zero-order valence-electron chi connectivity index (χ0n) is 14.7. The van der Waals surface area contributed by atoms with Crippen molar-refractivity contribution in [1.82, 2.24) is 14.9 Å². The fraction of sp³-hybridized carbons (Fsp3) is 0.158. The van der Waals surface area contributed by atoms with Gasteiger partial charge < -0.3 is 10.1 Å². The Kier molecular flexibility index (Phi) is 5.96. The highest BCUT2D eigenvalue weighted by atomic mass is 35.5. The van der Waals surface area contributed by atoms with Crippen molar-refractivity contribution in [3.05, 3.63) is 74.3 Å². The smallest absolute Gasteiger partial charge is 0.337 e. The largest absolute Gasteiger partial charge is 0.465 e. The fourth-order valence-corrected chi connectivity index (χ4v) is 3.14. The second kappa shape index (κ2) is 8.41. The standard InChI is InChI=1S/C19H15Cl2N3O4/c1-28-19(27)12-4-2-11(3-5-12)8-22-16(25)9-24-10-23-17-14(18(24)26)6-13(20)7-15(17)21/h2-7,10H,8-9H2,1H3,(H,22,25). The molecular weight excluding hydrogens is 405 g/mol. The number of carbonyl (C=O) groups is 2. The fourth-order valence-electron chi connectivity index (χ4n) is 2.60. The predicted octanol–water partition coefficient (Wildman–Crippen LogP) is 2.81. The molecule has 0 unspecified atom stereocenters. The van der Waals surface area contributed by atoms with E-state index in [-0.39, 0.29) is 29.4 Å². The first-order valence-electron chi connectivity index (χ1n) is 8.17. The van der Waals surface area contributed by atoms with E-state index in [1.165, 1.54) is 30.1 Å². The van der Waals surface area contributed by atoms with Gasteiger partial charge in [0.15, 0.2) is 0 Å². The van der Waals surface area contributed by atoms with Gasteiger partial charge in [0.25, 0.3) is 5.56 Å². The van der Waals surface area contributed by atoms with Crippen molar-refractivity contribution in [1.29, 1.82) is 0 Å². The summed E-state index contributed by atoms with van der Waals surface area (Å²) in [6.45, 7) is 0.0415. The van der Waals surface area contributed by atoms with Gasteiger partial charge in [-0.05, 0) is 29.8 Å². The minimum atomic E-state index is -0.432. The second-order valence-electron chi connectivity index (χ2n) is 5.93. The number of esters is 1. The Hall–Kier alpha value is -2.90. The van der Waals surface area contributed by atoms with Crippen LogP contribution in [0.1, 0.15) is 15.9 Å². The van der Waals surface area contributed by atoms with E-state index >= 15 is 0 Å². The Morgan fingerprint density at radius 3 is 2.57 bits per heavy atom. The molecule has 3 aromatic rings. The summed E-state index contributed by atoms with van der Waals surface area (Å²) in [5.41, 5.74) is 1.14. The van der Waals surface area contributed by atoms with Gasteiger partial charge in [-0.1, -0.05) is 35.3 Å². The van der Waals surface area contributed by atoms with Crippen LogP contribution in [-0.4, -0.2) is 28.5 Å². The molecular formula is C19H15Cl2N3O4. The number of aromatic nitrogens is 2. The van der Waals surface area contributed by atoms with E-state index in [2.05, 4.69) is 15.0 Å². The van der Waals surface area contributed by atoms with Crippen molar-refractivity contribution in [2.75, 3.05) is 7.11 Å². The molecule has 0 aliphatic carbocycles. The number of carbonyl (C=O) groups excluding carboxylic acids is 2. The van der Waals surface area contributed by atoms with Crippen LogP contribution in [-0.2, 0) is 22.6 Å². The van der Waals surface area contributed by atoms with Gasteiger partial charge in [0, 0.05) is 11.6 Å². The van der Waals surface area contributed by atoms with E-state index in [1.54, 1.807) is 24.3 Å².